The van der Waals surface area contributed by atoms with E-state index in [1.807, 2.05) is 30.3 Å². The van der Waals surface area contributed by atoms with Gasteiger partial charge >= 0.3 is 5.97 Å². The molecule has 0 spiro atoms. The first kappa shape index (κ1) is 20.3. The van der Waals surface area contributed by atoms with Gasteiger partial charge in [0.2, 0.25) is 5.88 Å². The summed E-state index contributed by atoms with van der Waals surface area (Å²) >= 11 is 0. The number of rotatable bonds is 7. The van der Waals surface area contributed by atoms with E-state index in [4.69, 9.17) is 4.74 Å². The molecule has 1 heterocycles. The summed E-state index contributed by atoms with van der Waals surface area (Å²) < 4.78 is 39.8. The number of carbonyl (C=O) groups is 1. The molecule has 5 nitrogen and oxygen atoms in total. The number of halogens is 2. The molecule has 0 saturated heterocycles. The molecule has 2 aromatic carbocycles. The molecule has 0 amide bonds. The van der Waals surface area contributed by atoms with Gasteiger partial charge in [0.05, 0.1) is 12.7 Å². The number of anilines is 1. The smallest absolute Gasteiger partial charge is 0.325 e. The molecule has 0 saturated carbocycles. The Morgan fingerprint density at radius 2 is 1.76 bits per heavy atom. The molecule has 0 atom stereocenters. The quantitative estimate of drug-likeness (QED) is 0.594. The van der Waals surface area contributed by atoms with Crippen molar-refractivity contribution in [2.24, 2.45) is 0 Å². The number of pyridine rings is 1. The largest absolute Gasteiger partial charge is 0.472 e. The fourth-order valence-corrected chi connectivity index (χ4v) is 2.74. The molecule has 0 fully saturated rings. The van der Waals surface area contributed by atoms with Crippen LogP contribution in [0.15, 0.2) is 54.6 Å². The van der Waals surface area contributed by atoms with Crippen molar-refractivity contribution in [3.05, 3.63) is 77.5 Å². The van der Waals surface area contributed by atoms with Gasteiger partial charge in [0.15, 0.2) is 0 Å². The van der Waals surface area contributed by atoms with Crippen LogP contribution in [0, 0.1) is 18.6 Å². The lowest BCUT2D eigenvalue weighted by Gasteiger charge is -2.14. The Labute approximate surface area is 167 Å². The van der Waals surface area contributed by atoms with Gasteiger partial charge in [0.25, 0.3) is 0 Å². The van der Waals surface area contributed by atoms with Gasteiger partial charge in [-0.05, 0) is 36.8 Å². The molecule has 0 aliphatic carbocycles. The standard InChI is InChI=1S/C22H20F2N2O3/c1-14-8-9-17(22(26-14)29-13-15-6-4-3-5-7-15)21-18(23)10-16(11-19(21)24)25-12-20(27)28-2/h3-11,25H,12-13H2,1-2H3. The van der Waals surface area contributed by atoms with Crippen LogP contribution in [0.5, 0.6) is 5.88 Å². The zero-order valence-electron chi connectivity index (χ0n) is 16.0. The summed E-state index contributed by atoms with van der Waals surface area (Å²) in [6.45, 7) is 1.78. The van der Waals surface area contributed by atoms with Gasteiger partial charge < -0.3 is 14.8 Å². The molecular formula is C22H20F2N2O3. The zero-order chi connectivity index (χ0) is 20.8. The van der Waals surface area contributed by atoms with E-state index in [9.17, 15) is 13.6 Å². The Bertz CT molecular complexity index is 987. The SMILES string of the molecule is COC(=O)CNc1cc(F)c(-c2ccc(C)nc2OCc2ccccc2)c(F)c1. The lowest BCUT2D eigenvalue weighted by atomic mass is 10.0. The van der Waals surface area contributed by atoms with Crippen molar-refractivity contribution in [1.82, 2.24) is 4.98 Å². The molecule has 0 bridgehead atoms. The van der Waals surface area contributed by atoms with Crippen LogP contribution in [0.1, 0.15) is 11.3 Å². The first-order valence-corrected chi connectivity index (χ1v) is 8.92. The van der Waals surface area contributed by atoms with Crippen molar-refractivity contribution < 1.29 is 23.0 Å². The second-order valence-electron chi connectivity index (χ2n) is 6.32. The molecule has 7 heteroatoms. The average Bonchev–Trinajstić information content (AvgIpc) is 2.72. The number of aryl methyl sites for hydroxylation is 1. The van der Waals surface area contributed by atoms with Gasteiger partial charge in [-0.3, -0.25) is 4.79 Å². The monoisotopic (exact) mass is 398 g/mol. The van der Waals surface area contributed by atoms with E-state index >= 15 is 0 Å². The third kappa shape index (κ3) is 5.07. The fourth-order valence-electron chi connectivity index (χ4n) is 2.74. The van der Waals surface area contributed by atoms with Crippen LogP contribution < -0.4 is 10.1 Å². The number of carbonyl (C=O) groups excluding carboxylic acids is 1. The molecule has 0 unspecified atom stereocenters. The number of aromatic nitrogens is 1. The third-order valence-corrected chi connectivity index (χ3v) is 4.19. The predicted molar refractivity (Wildman–Crippen MR) is 106 cm³/mol. The maximum atomic E-state index is 14.8. The van der Waals surface area contributed by atoms with Crippen molar-refractivity contribution >= 4 is 11.7 Å². The minimum atomic E-state index is -0.799. The molecular weight excluding hydrogens is 378 g/mol. The highest BCUT2D eigenvalue weighted by atomic mass is 19.1. The number of hydrogen-bond acceptors (Lipinski definition) is 5. The molecule has 3 aromatic rings. The van der Waals surface area contributed by atoms with Crippen LogP contribution in [-0.2, 0) is 16.1 Å². The van der Waals surface area contributed by atoms with Gasteiger partial charge in [-0.1, -0.05) is 30.3 Å². The summed E-state index contributed by atoms with van der Waals surface area (Å²) in [4.78, 5) is 15.5. The molecule has 29 heavy (non-hydrogen) atoms. The van der Waals surface area contributed by atoms with Crippen molar-refractivity contribution in [2.75, 3.05) is 19.0 Å². The Kier molecular flexibility index (Phi) is 6.39. The Hall–Kier alpha value is -3.48. The maximum absolute atomic E-state index is 14.8. The van der Waals surface area contributed by atoms with Gasteiger partial charge in [-0.15, -0.1) is 0 Å². The normalized spacial score (nSPS) is 10.5. The van der Waals surface area contributed by atoms with Crippen molar-refractivity contribution in [3.8, 4) is 17.0 Å². The van der Waals surface area contributed by atoms with Crippen LogP contribution in [-0.4, -0.2) is 24.6 Å². The topological polar surface area (TPSA) is 60.5 Å². The lowest BCUT2D eigenvalue weighted by molar-refractivity contribution is -0.138. The van der Waals surface area contributed by atoms with Crippen molar-refractivity contribution in [2.45, 2.75) is 13.5 Å². The summed E-state index contributed by atoms with van der Waals surface area (Å²) in [5.41, 5.74) is 1.66. The molecule has 0 aliphatic rings. The van der Waals surface area contributed by atoms with E-state index in [1.165, 1.54) is 7.11 Å². The Morgan fingerprint density at radius 3 is 2.41 bits per heavy atom. The number of nitrogens with zero attached hydrogens (tertiary/aromatic N) is 1. The van der Waals surface area contributed by atoms with Gasteiger partial charge in [-0.2, -0.15) is 0 Å². The second-order valence-corrected chi connectivity index (χ2v) is 6.32. The molecule has 1 aromatic heterocycles. The summed E-state index contributed by atoms with van der Waals surface area (Å²) in [6.07, 6.45) is 0. The van der Waals surface area contributed by atoms with Crippen LogP contribution >= 0.6 is 0 Å². The molecule has 0 radical (unpaired) electrons. The number of methoxy groups -OCH3 is 1. The van der Waals surface area contributed by atoms with E-state index in [1.54, 1.807) is 19.1 Å². The highest BCUT2D eigenvalue weighted by Gasteiger charge is 2.19. The molecule has 0 aliphatic heterocycles. The molecule has 3 rings (SSSR count). The average molecular weight is 398 g/mol. The minimum absolute atomic E-state index is 0.126. The first-order valence-electron chi connectivity index (χ1n) is 8.92. The molecule has 1 N–H and O–H groups in total. The third-order valence-electron chi connectivity index (χ3n) is 4.19. The number of benzene rings is 2. The van der Waals surface area contributed by atoms with Crippen molar-refractivity contribution in [1.29, 1.82) is 0 Å². The van der Waals surface area contributed by atoms with E-state index in [-0.39, 0.29) is 35.8 Å². The summed E-state index contributed by atoms with van der Waals surface area (Å²) in [5, 5.41) is 2.62. The van der Waals surface area contributed by atoms with E-state index in [0.717, 1.165) is 17.7 Å². The van der Waals surface area contributed by atoms with E-state index in [0.29, 0.717) is 5.69 Å². The van der Waals surface area contributed by atoms with Gasteiger partial charge in [-0.25, -0.2) is 13.8 Å². The minimum Gasteiger partial charge on any atom is -0.472 e. The van der Waals surface area contributed by atoms with Gasteiger partial charge in [0, 0.05) is 16.9 Å². The second kappa shape index (κ2) is 9.14. The summed E-state index contributed by atoms with van der Waals surface area (Å²) in [6, 6.07) is 14.9. The Balaban J connectivity index is 1.90. The van der Waals surface area contributed by atoms with Crippen LogP contribution in [0.3, 0.4) is 0 Å². The maximum Gasteiger partial charge on any atom is 0.325 e. The number of hydrogen-bond donors (Lipinski definition) is 1. The van der Waals surface area contributed by atoms with Crippen LogP contribution in [0.2, 0.25) is 0 Å². The number of nitrogens with one attached hydrogen (secondary N) is 1. The highest BCUT2D eigenvalue weighted by molar-refractivity contribution is 5.76. The van der Waals surface area contributed by atoms with Crippen LogP contribution in [0.25, 0.3) is 11.1 Å². The lowest BCUT2D eigenvalue weighted by Crippen LogP contribution is -2.15. The molecule has 150 valence electrons. The van der Waals surface area contributed by atoms with E-state index < -0.39 is 17.6 Å². The number of esters is 1. The van der Waals surface area contributed by atoms with E-state index in [2.05, 4.69) is 15.0 Å². The summed E-state index contributed by atoms with van der Waals surface area (Å²) in [7, 11) is 1.23. The Morgan fingerprint density at radius 1 is 1.07 bits per heavy atom. The zero-order valence-corrected chi connectivity index (χ0v) is 16.0. The van der Waals surface area contributed by atoms with Crippen LogP contribution in [0.4, 0.5) is 14.5 Å². The highest BCUT2D eigenvalue weighted by Crippen LogP contribution is 2.34. The number of ether oxygens (including phenoxy) is 2. The van der Waals surface area contributed by atoms with Gasteiger partial charge in [0.1, 0.15) is 24.8 Å². The summed E-state index contributed by atoms with van der Waals surface area (Å²) in [5.74, 6) is -2.00. The fraction of sp³-hybridized carbons (Fsp3) is 0.182. The first-order chi connectivity index (χ1) is 14.0. The van der Waals surface area contributed by atoms with Crippen molar-refractivity contribution in [3.63, 3.8) is 0 Å². The predicted octanol–water partition coefficient (Wildman–Crippen LogP) is 4.50.